The molecule has 0 aromatic rings. The third-order valence-corrected chi connectivity index (χ3v) is 2.50. The summed E-state index contributed by atoms with van der Waals surface area (Å²) >= 11 is 0. The number of morpholine rings is 1. The van der Waals surface area contributed by atoms with Gasteiger partial charge in [-0.25, -0.2) is 0 Å². The first-order valence-corrected chi connectivity index (χ1v) is 5.20. The topological polar surface area (TPSA) is 49.9 Å². The fraction of sp³-hybridized carbons (Fsp3) is 0.800. The van der Waals surface area contributed by atoms with E-state index in [1.807, 2.05) is 0 Å². The number of carbonyl (C=O) groups is 2. The monoisotopic (exact) mass is 214 g/mol. The van der Waals surface area contributed by atoms with Crippen molar-refractivity contribution >= 4 is 11.8 Å². The minimum atomic E-state index is -0.184. The molecule has 0 aromatic heterocycles. The molecule has 86 valence electrons. The molecule has 15 heavy (non-hydrogen) atoms. The smallest absolute Gasteiger partial charge is 0.226 e. The maximum atomic E-state index is 11.1. The molecule has 0 saturated carbocycles. The van der Waals surface area contributed by atoms with E-state index in [0.29, 0.717) is 6.54 Å². The molecular weight excluding hydrogens is 196 g/mol. The molecule has 0 aromatic carbocycles. The van der Waals surface area contributed by atoms with Gasteiger partial charge in [0.05, 0.1) is 13.2 Å². The second-order valence-electron chi connectivity index (χ2n) is 3.64. The number of hydrogen-bond donors (Lipinski definition) is 0. The van der Waals surface area contributed by atoms with Crippen LogP contribution >= 0.6 is 0 Å². The Bertz CT molecular complexity index is 223. The number of rotatable bonds is 3. The van der Waals surface area contributed by atoms with Crippen LogP contribution in [-0.2, 0) is 14.3 Å². The van der Waals surface area contributed by atoms with Crippen LogP contribution in [0, 0.1) is 0 Å². The first kappa shape index (κ1) is 12.1. The second kappa shape index (κ2) is 5.82. The number of hydrogen-bond acceptors (Lipinski definition) is 4. The zero-order chi connectivity index (χ0) is 11.3. The number of carbonyl (C=O) groups excluding carboxylic acids is 2. The Balaban J connectivity index is 2.32. The van der Waals surface area contributed by atoms with Crippen molar-refractivity contribution in [3.05, 3.63) is 0 Å². The summed E-state index contributed by atoms with van der Waals surface area (Å²) in [5, 5.41) is 0. The van der Waals surface area contributed by atoms with Gasteiger partial charge in [0.15, 0.2) is 0 Å². The van der Waals surface area contributed by atoms with E-state index in [1.165, 1.54) is 18.7 Å². The number of imide groups is 1. The standard InChI is InChI=1S/C10H18N2O3/c1-9(13)12(10(2)14)4-3-11-5-7-15-8-6-11/h3-8H2,1-2H3. The summed E-state index contributed by atoms with van der Waals surface area (Å²) in [6.45, 7) is 7.28. The molecule has 1 aliphatic rings. The van der Waals surface area contributed by atoms with E-state index < -0.39 is 0 Å². The summed E-state index contributed by atoms with van der Waals surface area (Å²) in [7, 11) is 0. The van der Waals surface area contributed by atoms with Crippen molar-refractivity contribution in [3.8, 4) is 0 Å². The van der Waals surface area contributed by atoms with Crippen LogP contribution in [0.4, 0.5) is 0 Å². The number of ether oxygens (including phenoxy) is 1. The lowest BCUT2D eigenvalue weighted by Gasteiger charge is -2.28. The minimum absolute atomic E-state index is 0.184. The van der Waals surface area contributed by atoms with E-state index in [-0.39, 0.29) is 11.8 Å². The zero-order valence-electron chi connectivity index (χ0n) is 9.36. The predicted octanol–water partition coefficient (Wildman–Crippen LogP) is -0.286. The van der Waals surface area contributed by atoms with Crippen LogP contribution < -0.4 is 0 Å². The highest BCUT2D eigenvalue weighted by atomic mass is 16.5. The summed E-state index contributed by atoms with van der Waals surface area (Å²) in [6.07, 6.45) is 0. The van der Waals surface area contributed by atoms with Gasteiger partial charge in [-0.15, -0.1) is 0 Å². The molecule has 1 saturated heterocycles. The van der Waals surface area contributed by atoms with E-state index in [1.54, 1.807) is 0 Å². The highest BCUT2D eigenvalue weighted by Gasteiger charge is 2.16. The lowest BCUT2D eigenvalue weighted by Crippen LogP contribution is -2.43. The van der Waals surface area contributed by atoms with Crippen molar-refractivity contribution < 1.29 is 14.3 Å². The lowest BCUT2D eigenvalue weighted by atomic mass is 10.3. The molecule has 1 aliphatic heterocycles. The van der Waals surface area contributed by atoms with E-state index in [0.717, 1.165) is 32.8 Å². The van der Waals surface area contributed by atoms with Crippen LogP contribution in [0.2, 0.25) is 0 Å². The van der Waals surface area contributed by atoms with Gasteiger partial charge in [0.1, 0.15) is 0 Å². The van der Waals surface area contributed by atoms with Gasteiger partial charge in [0.2, 0.25) is 11.8 Å². The molecule has 0 N–H and O–H groups in total. The normalized spacial score (nSPS) is 17.5. The lowest BCUT2D eigenvalue weighted by molar-refractivity contribution is -0.142. The van der Waals surface area contributed by atoms with Gasteiger partial charge < -0.3 is 4.74 Å². The fourth-order valence-electron chi connectivity index (χ4n) is 1.60. The zero-order valence-corrected chi connectivity index (χ0v) is 9.36. The van der Waals surface area contributed by atoms with E-state index in [2.05, 4.69) is 4.90 Å². The van der Waals surface area contributed by atoms with Crippen molar-refractivity contribution in [2.75, 3.05) is 39.4 Å². The predicted molar refractivity (Wildman–Crippen MR) is 55.3 cm³/mol. The highest BCUT2D eigenvalue weighted by molar-refractivity contribution is 5.92. The SMILES string of the molecule is CC(=O)N(CCN1CCOCC1)C(C)=O. The minimum Gasteiger partial charge on any atom is -0.379 e. The molecule has 0 radical (unpaired) electrons. The summed E-state index contributed by atoms with van der Waals surface area (Å²) in [6, 6.07) is 0. The Morgan fingerprint density at radius 3 is 2.20 bits per heavy atom. The molecule has 5 nitrogen and oxygen atoms in total. The Kier molecular flexibility index (Phi) is 4.71. The van der Waals surface area contributed by atoms with Crippen LogP contribution in [-0.4, -0.2) is 61.0 Å². The summed E-state index contributed by atoms with van der Waals surface area (Å²) in [5.74, 6) is -0.369. The average molecular weight is 214 g/mol. The van der Waals surface area contributed by atoms with Crippen LogP contribution in [0.25, 0.3) is 0 Å². The van der Waals surface area contributed by atoms with Crippen molar-refractivity contribution in [2.45, 2.75) is 13.8 Å². The van der Waals surface area contributed by atoms with E-state index in [4.69, 9.17) is 4.74 Å². The largest absolute Gasteiger partial charge is 0.379 e. The molecule has 0 unspecified atom stereocenters. The Morgan fingerprint density at radius 2 is 1.73 bits per heavy atom. The molecule has 0 aliphatic carbocycles. The van der Waals surface area contributed by atoms with Gasteiger partial charge in [-0.2, -0.15) is 0 Å². The van der Waals surface area contributed by atoms with E-state index in [9.17, 15) is 9.59 Å². The molecule has 0 spiro atoms. The number of amides is 2. The fourth-order valence-corrected chi connectivity index (χ4v) is 1.60. The molecule has 0 atom stereocenters. The second-order valence-corrected chi connectivity index (χ2v) is 3.64. The molecule has 2 amide bonds. The van der Waals surface area contributed by atoms with Crippen LogP contribution in [0.1, 0.15) is 13.8 Å². The Morgan fingerprint density at radius 1 is 1.20 bits per heavy atom. The van der Waals surface area contributed by atoms with Gasteiger partial charge in [0, 0.05) is 40.0 Å². The third kappa shape index (κ3) is 3.97. The van der Waals surface area contributed by atoms with Gasteiger partial charge in [0.25, 0.3) is 0 Å². The van der Waals surface area contributed by atoms with Crippen molar-refractivity contribution in [1.29, 1.82) is 0 Å². The van der Waals surface area contributed by atoms with Crippen LogP contribution in [0.15, 0.2) is 0 Å². The van der Waals surface area contributed by atoms with Crippen molar-refractivity contribution in [2.24, 2.45) is 0 Å². The van der Waals surface area contributed by atoms with Gasteiger partial charge in [-0.05, 0) is 0 Å². The van der Waals surface area contributed by atoms with Crippen LogP contribution in [0.5, 0.6) is 0 Å². The third-order valence-electron chi connectivity index (χ3n) is 2.50. The first-order chi connectivity index (χ1) is 7.11. The summed E-state index contributed by atoms with van der Waals surface area (Å²) in [4.78, 5) is 25.7. The molecular formula is C10H18N2O3. The maximum Gasteiger partial charge on any atom is 0.226 e. The molecule has 1 heterocycles. The molecule has 1 fully saturated rings. The first-order valence-electron chi connectivity index (χ1n) is 5.20. The Hall–Kier alpha value is -0.940. The summed E-state index contributed by atoms with van der Waals surface area (Å²) in [5.41, 5.74) is 0. The number of nitrogens with zero attached hydrogens (tertiary/aromatic N) is 2. The molecule has 1 rings (SSSR count). The Labute approximate surface area is 90.0 Å². The van der Waals surface area contributed by atoms with Crippen molar-refractivity contribution in [1.82, 2.24) is 9.80 Å². The highest BCUT2D eigenvalue weighted by Crippen LogP contribution is 1.98. The maximum absolute atomic E-state index is 11.1. The van der Waals surface area contributed by atoms with Gasteiger partial charge >= 0.3 is 0 Å². The van der Waals surface area contributed by atoms with Crippen molar-refractivity contribution in [3.63, 3.8) is 0 Å². The average Bonchev–Trinajstić information content (AvgIpc) is 2.18. The van der Waals surface area contributed by atoms with Gasteiger partial charge in [-0.3, -0.25) is 19.4 Å². The molecule has 5 heteroatoms. The quantitative estimate of drug-likeness (QED) is 0.648. The molecule has 0 bridgehead atoms. The summed E-state index contributed by atoms with van der Waals surface area (Å²) < 4.78 is 5.21. The van der Waals surface area contributed by atoms with E-state index >= 15 is 0 Å². The van der Waals surface area contributed by atoms with Gasteiger partial charge in [-0.1, -0.05) is 0 Å². The van der Waals surface area contributed by atoms with Crippen LogP contribution in [0.3, 0.4) is 0 Å².